The van der Waals surface area contributed by atoms with Crippen molar-refractivity contribution in [3.05, 3.63) is 30.1 Å². The van der Waals surface area contributed by atoms with Crippen LogP contribution in [0.3, 0.4) is 0 Å². The molecule has 0 saturated carbocycles. The quantitative estimate of drug-likeness (QED) is 0.785. The largest absolute Gasteiger partial charge is 0.392 e. The van der Waals surface area contributed by atoms with Crippen LogP contribution in [0.5, 0.6) is 0 Å². The number of aromatic nitrogens is 2. The van der Waals surface area contributed by atoms with Gasteiger partial charge in [0.1, 0.15) is 5.82 Å². The van der Waals surface area contributed by atoms with Crippen molar-refractivity contribution in [3.8, 4) is 0 Å². The van der Waals surface area contributed by atoms with Gasteiger partial charge in [0.2, 0.25) is 0 Å². The van der Waals surface area contributed by atoms with Crippen LogP contribution >= 0.6 is 0 Å². The molecule has 0 bridgehead atoms. The zero-order chi connectivity index (χ0) is 15.2. The standard InChI is InChI=1S/C17H27N3O/c1-4-9-20-16-8-6-5-7-15(16)19-17(20)12-18-11-14(21)10-13(2)3/h5-8,13-14,18,21H,4,9-12H2,1-3H3. The van der Waals surface area contributed by atoms with Crippen molar-refractivity contribution >= 4 is 11.0 Å². The fraction of sp³-hybridized carbons (Fsp3) is 0.588. The van der Waals surface area contributed by atoms with E-state index >= 15 is 0 Å². The summed E-state index contributed by atoms with van der Waals surface area (Å²) in [6.07, 6.45) is 1.64. The van der Waals surface area contributed by atoms with Gasteiger partial charge in [-0.15, -0.1) is 0 Å². The van der Waals surface area contributed by atoms with Crippen molar-refractivity contribution in [2.24, 2.45) is 5.92 Å². The predicted octanol–water partition coefficient (Wildman–Crippen LogP) is 2.94. The first-order valence-corrected chi connectivity index (χ1v) is 7.94. The second kappa shape index (κ2) is 7.57. The molecule has 0 radical (unpaired) electrons. The zero-order valence-electron chi connectivity index (χ0n) is 13.3. The number of aliphatic hydroxyl groups excluding tert-OH is 1. The minimum absolute atomic E-state index is 0.283. The first-order valence-electron chi connectivity index (χ1n) is 7.94. The number of imidazole rings is 1. The molecule has 2 aromatic rings. The Morgan fingerprint density at radius 1 is 1.29 bits per heavy atom. The summed E-state index contributed by atoms with van der Waals surface area (Å²) in [5, 5.41) is 13.3. The summed E-state index contributed by atoms with van der Waals surface area (Å²) in [6, 6.07) is 8.25. The van der Waals surface area contributed by atoms with Gasteiger partial charge in [-0.1, -0.05) is 32.9 Å². The van der Waals surface area contributed by atoms with Gasteiger partial charge in [-0.2, -0.15) is 0 Å². The Hall–Kier alpha value is -1.39. The summed E-state index contributed by atoms with van der Waals surface area (Å²) in [7, 11) is 0. The van der Waals surface area contributed by atoms with E-state index < -0.39 is 0 Å². The smallest absolute Gasteiger partial charge is 0.123 e. The summed E-state index contributed by atoms with van der Waals surface area (Å²) < 4.78 is 2.27. The lowest BCUT2D eigenvalue weighted by Crippen LogP contribution is -2.28. The minimum atomic E-state index is -0.283. The molecule has 0 aliphatic rings. The van der Waals surface area contributed by atoms with Gasteiger partial charge in [0.25, 0.3) is 0 Å². The second-order valence-corrected chi connectivity index (χ2v) is 6.08. The number of nitrogens with one attached hydrogen (secondary N) is 1. The van der Waals surface area contributed by atoms with E-state index in [9.17, 15) is 5.11 Å². The zero-order valence-corrected chi connectivity index (χ0v) is 13.3. The predicted molar refractivity (Wildman–Crippen MR) is 87.2 cm³/mol. The van der Waals surface area contributed by atoms with E-state index in [1.807, 2.05) is 6.07 Å². The molecule has 0 aliphatic heterocycles. The van der Waals surface area contributed by atoms with Crippen LogP contribution in [0.4, 0.5) is 0 Å². The van der Waals surface area contributed by atoms with Crippen molar-refractivity contribution < 1.29 is 5.11 Å². The molecule has 2 N–H and O–H groups in total. The molecule has 1 heterocycles. The molecule has 0 amide bonds. The van der Waals surface area contributed by atoms with Crippen molar-refractivity contribution in [2.75, 3.05) is 6.54 Å². The fourth-order valence-electron chi connectivity index (χ4n) is 2.71. The van der Waals surface area contributed by atoms with Gasteiger partial charge in [-0.25, -0.2) is 4.98 Å². The highest BCUT2D eigenvalue weighted by molar-refractivity contribution is 5.75. The highest BCUT2D eigenvalue weighted by Crippen LogP contribution is 2.16. The third-order valence-corrected chi connectivity index (χ3v) is 3.59. The Morgan fingerprint density at radius 3 is 2.76 bits per heavy atom. The van der Waals surface area contributed by atoms with Crippen LogP contribution in [0.1, 0.15) is 39.4 Å². The fourth-order valence-corrected chi connectivity index (χ4v) is 2.71. The molecule has 4 nitrogen and oxygen atoms in total. The third-order valence-electron chi connectivity index (χ3n) is 3.59. The number of aryl methyl sites for hydroxylation is 1. The number of aliphatic hydroxyl groups is 1. The average Bonchev–Trinajstić information content (AvgIpc) is 2.77. The monoisotopic (exact) mass is 289 g/mol. The lowest BCUT2D eigenvalue weighted by Gasteiger charge is -2.14. The van der Waals surface area contributed by atoms with Gasteiger partial charge >= 0.3 is 0 Å². The lowest BCUT2D eigenvalue weighted by molar-refractivity contribution is 0.146. The van der Waals surface area contributed by atoms with Crippen molar-refractivity contribution in [2.45, 2.75) is 52.8 Å². The molecule has 4 heteroatoms. The molecule has 116 valence electrons. The molecule has 0 spiro atoms. The summed E-state index contributed by atoms with van der Waals surface area (Å²) in [5.41, 5.74) is 2.24. The van der Waals surface area contributed by atoms with Crippen LogP contribution in [0.25, 0.3) is 11.0 Å². The van der Waals surface area contributed by atoms with Crippen LogP contribution in [-0.2, 0) is 13.1 Å². The van der Waals surface area contributed by atoms with E-state index in [0.717, 1.165) is 30.7 Å². The van der Waals surface area contributed by atoms with E-state index in [4.69, 9.17) is 4.98 Å². The molecule has 1 atom stereocenters. The second-order valence-electron chi connectivity index (χ2n) is 6.08. The van der Waals surface area contributed by atoms with Crippen molar-refractivity contribution in [1.82, 2.24) is 14.9 Å². The SMILES string of the molecule is CCCn1c(CNCC(O)CC(C)C)nc2ccccc21. The number of benzene rings is 1. The molecule has 0 fully saturated rings. The molecule has 2 rings (SSSR count). The molecular formula is C17H27N3O. The molecule has 0 aliphatic carbocycles. The third kappa shape index (κ3) is 4.29. The van der Waals surface area contributed by atoms with Gasteiger partial charge in [-0.3, -0.25) is 0 Å². The Kier molecular flexibility index (Phi) is 5.76. The Balaban J connectivity index is 2.02. The van der Waals surface area contributed by atoms with Gasteiger partial charge in [0.15, 0.2) is 0 Å². The number of hydrogen-bond donors (Lipinski definition) is 2. The number of rotatable bonds is 8. The summed E-state index contributed by atoms with van der Waals surface area (Å²) >= 11 is 0. The van der Waals surface area contributed by atoms with Crippen LogP contribution in [-0.4, -0.2) is 27.3 Å². The molecular weight excluding hydrogens is 262 g/mol. The van der Waals surface area contributed by atoms with E-state index in [1.165, 1.54) is 5.52 Å². The normalized spacial score (nSPS) is 13.2. The average molecular weight is 289 g/mol. The van der Waals surface area contributed by atoms with Crippen LogP contribution in [0, 0.1) is 5.92 Å². The van der Waals surface area contributed by atoms with E-state index in [0.29, 0.717) is 19.0 Å². The highest BCUT2D eigenvalue weighted by Gasteiger charge is 2.11. The lowest BCUT2D eigenvalue weighted by atomic mass is 10.1. The molecule has 21 heavy (non-hydrogen) atoms. The molecule has 0 saturated heterocycles. The number of hydrogen-bond acceptors (Lipinski definition) is 3. The van der Waals surface area contributed by atoms with E-state index in [1.54, 1.807) is 0 Å². The maximum atomic E-state index is 9.92. The minimum Gasteiger partial charge on any atom is -0.392 e. The maximum Gasteiger partial charge on any atom is 0.123 e. The summed E-state index contributed by atoms with van der Waals surface area (Å²) in [4.78, 5) is 4.71. The van der Waals surface area contributed by atoms with Crippen molar-refractivity contribution in [1.29, 1.82) is 0 Å². The number of para-hydroxylation sites is 2. The van der Waals surface area contributed by atoms with E-state index in [-0.39, 0.29) is 6.10 Å². The van der Waals surface area contributed by atoms with Gasteiger partial charge in [-0.05, 0) is 30.9 Å². The number of nitrogens with zero attached hydrogens (tertiary/aromatic N) is 2. The van der Waals surface area contributed by atoms with Gasteiger partial charge in [0.05, 0.1) is 23.7 Å². The molecule has 1 unspecified atom stereocenters. The van der Waals surface area contributed by atoms with Gasteiger partial charge in [0, 0.05) is 13.1 Å². The maximum absolute atomic E-state index is 9.92. The molecule has 1 aromatic carbocycles. The highest BCUT2D eigenvalue weighted by atomic mass is 16.3. The molecule has 1 aromatic heterocycles. The topological polar surface area (TPSA) is 50.1 Å². The van der Waals surface area contributed by atoms with Crippen LogP contribution in [0.2, 0.25) is 0 Å². The Labute approximate surface area is 127 Å². The first kappa shape index (κ1) is 16.0. The Morgan fingerprint density at radius 2 is 2.05 bits per heavy atom. The van der Waals surface area contributed by atoms with Crippen molar-refractivity contribution in [3.63, 3.8) is 0 Å². The van der Waals surface area contributed by atoms with Crippen LogP contribution in [0.15, 0.2) is 24.3 Å². The van der Waals surface area contributed by atoms with Gasteiger partial charge < -0.3 is 15.0 Å². The summed E-state index contributed by atoms with van der Waals surface area (Å²) in [6.45, 7) is 8.73. The Bertz CT molecular complexity index is 562. The first-order chi connectivity index (χ1) is 10.1. The number of fused-ring (bicyclic) bond motifs is 1. The van der Waals surface area contributed by atoms with Crippen LogP contribution < -0.4 is 5.32 Å². The summed E-state index contributed by atoms with van der Waals surface area (Å²) in [5.74, 6) is 1.57. The van der Waals surface area contributed by atoms with E-state index in [2.05, 4.69) is 48.9 Å².